The minimum absolute atomic E-state index is 0. The molecule has 2 aromatic heterocycles. The maximum Gasteiger partial charge on any atom is 0.0541 e. The molecule has 0 amide bonds. The van der Waals surface area contributed by atoms with E-state index in [1.807, 2.05) is 18.2 Å². The van der Waals surface area contributed by atoms with Crippen LogP contribution in [0.15, 0.2) is 417 Å². The van der Waals surface area contributed by atoms with E-state index in [4.69, 9.17) is 0 Å². The maximum atomic E-state index is 3.73. The molecule has 18 aromatic carbocycles. The molecule has 1 N–H and O–H groups in total. The van der Waals surface area contributed by atoms with E-state index in [1.54, 1.807) is 0 Å². The van der Waals surface area contributed by atoms with Gasteiger partial charge in [-0.15, -0.1) is 0 Å². The molecule has 0 saturated carbocycles. The van der Waals surface area contributed by atoms with Gasteiger partial charge in [0.05, 0.1) is 27.8 Å². The number of benzene rings is 18. The monoisotopic (exact) mass is 1680 g/mol. The molecule has 0 atom stereocenters. The van der Waals surface area contributed by atoms with Gasteiger partial charge < -0.3 is 19.4 Å². The normalized spacial score (nSPS) is 13.8. The Labute approximate surface area is 748 Å². The van der Waals surface area contributed by atoms with Crippen LogP contribution in [0.1, 0.15) is 107 Å². The van der Waals surface area contributed by atoms with E-state index in [9.17, 15) is 0 Å². The van der Waals surface area contributed by atoms with E-state index in [-0.39, 0.29) is 29.1 Å². The highest BCUT2D eigenvalue weighted by Gasteiger charge is 2.40. The van der Waals surface area contributed by atoms with E-state index >= 15 is 0 Å². The van der Waals surface area contributed by atoms with Crippen molar-refractivity contribution in [1.82, 2.24) is 9.13 Å². The Bertz CT molecular complexity index is 7720. The van der Waals surface area contributed by atoms with Crippen molar-refractivity contribution in [2.45, 2.75) is 84.5 Å². The Kier molecular flexibility index (Phi) is 19.3. The van der Waals surface area contributed by atoms with Crippen LogP contribution >= 0.6 is 15.9 Å². The molecule has 0 spiro atoms. The van der Waals surface area contributed by atoms with E-state index < -0.39 is 0 Å². The Balaban J connectivity index is 0.000000129. The second kappa shape index (κ2) is 30.8. The van der Waals surface area contributed by atoms with Gasteiger partial charge in [0.15, 0.2) is 0 Å². The van der Waals surface area contributed by atoms with Crippen molar-refractivity contribution in [3.8, 4) is 100 Å². The van der Waals surface area contributed by atoms with Crippen LogP contribution in [0.5, 0.6) is 0 Å². The average Bonchev–Trinajstić information content (AvgIpc) is 1.58. The van der Waals surface area contributed by atoms with Gasteiger partial charge >= 0.3 is 0 Å². The summed E-state index contributed by atoms with van der Waals surface area (Å²) in [5.74, 6) is 0. The first-order chi connectivity index (χ1) is 60.9. The fraction of sp³-hybridized carbons (Fsp3) is 0.107. The molecule has 0 fully saturated rings. The molecule has 24 rings (SSSR count). The molecule has 0 bridgehead atoms. The molecular formula is C121H97BrN4. The molecule has 2 heterocycles. The highest BCUT2D eigenvalue weighted by molar-refractivity contribution is 9.10. The molecule has 608 valence electrons. The summed E-state index contributed by atoms with van der Waals surface area (Å²) in [5.41, 5.74) is 44.4. The SMILES string of the molecule is C.CC1(C)c2ccccc2-c2cc(-n3c4ccccc4c4cc(-c5cccc(-c6ccccc6Br)c5)ccc43)ccc21.CC1(C)c2ccccc2-c2cc(N(c3ccccc3)c3ccccc3-c3cccc(-c4ccc5c(c4)c4ccccc4n5-c4ccc5c(c4)-c4ccccc4C5(C)C)c3)ccc21.CC1(C)c2ccccc2-c2cc(Nc3ccccc3)ccc21. The third kappa shape index (κ3) is 13.0. The smallest absolute Gasteiger partial charge is 0.0541 e. The zero-order chi connectivity index (χ0) is 84.6. The summed E-state index contributed by atoms with van der Waals surface area (Å²) in [6.07, 6.45) is 0. The van der Waals surface area contributed by atoms with Gasteiger partial charge in [0.2, 0.25) is 0 Å². The van der Waals surface area contributed by atoms with Crippen LogP contribution in [0.25, 0.3) is 144 Å². The Morgan fingerprint density at radius 3 is 1.06 bits per heavy atom. The topological polar surface area (TPSA) is 25.1 Å². The van der Waals surface area contributed by atoms with Crippen LogP contribution in [0.2, 0.25) is 0 Å². The van der Waals surface area contributed by atoms with Gasteiger partial charge in [-0.1, -0.05) is 358 Å². The van der Waals surface area contributed by atoms with E-state index in [2.05, 4.69) is 485 Å². The summed E-state index contributed by atoms with van der Waals surface area (Å²) >= 11 is 3.73. The first-order valence-corrected chi connectivity index (χ1v) is 44.5. The molecule has 20 aromatic rings. The number of nitrogens with zero attached hydrogens (tertiary/aromatic N) is 3. The number of fused-ring (bicyclic) bond motifs is 18. The van der Waals surface area contributed by atoms with E-state index in [0.717, 1.165) is 32.9 Å². The third-order valence-corrected chi connectivity index (χ3v) is 28.2. The number of halogens is 1. The largest absolute Gasteiger partial charge is 0.356 e. The molecule has 0 saturated heterocycles. The van der Waals surface area contributed by atoms with Crippen molar-refractivity contribution in [3.05, 3.63) is 461 Å². The lowest BCUT2D eigenvalue weighted by molar-refractivity contribution is 0.660. The van der Waals surface area contributed by atoms with E-state index in [1.165, 1.54) is 189 Å². The average molecular weight is 1690 g/mol. The summed E-state index contributed by atoms with van der Waals surface area (Å²) in [5, 5.41) is 8.54. The number of hydrogen-bond donors (Lipinski definition) is 1. The van der Waals surface area contributed by atoms with Gasteiger partial charge in [-0.3, -0.25) is 0 Å². The predicted molar refractivity (Wildman–Crippen MR) is 539 cm³/mol. The molecular weight excluding hydrogens is 1590 g/mol. The van der Waals surface area contributed by atoms with Gasteiger partial charge in [-0.05, 0) is 261 Å². The lowest BCUT2D eigenvalue weighted by atomic mass is 9.82. The summed E-state index contributed by atoms with van der Waals surface area (Å²) in [7, 11) is 0. The fourth-order valence-electron chi connectivity index (χ4n) is 21.2. The first kappa shape index (κ1) is 78.9. The summed E-state index contributed by atoms with van der Waals surface area (Å²) in [6, 6.07) is 151. The van der Waals surface area contributed by atoms with Gasteiger partial charge in [0.1, 0.15) is 0 Å². The maximum absolute atomic E-state index is 3.73. The molecule has 4 nitrogen and oxygen atoms in total. The van der Waals surface area contributed by atoms with Crippen molar-refractivity contribution in [1.29, 1.82) is 0 Å². The number of aromatic nitrogens is 2. The van der Waals surface area contributed by atoms with Crippen LogP contribution in [-0.4, -0.2) is 9.13 Å². The molecule has 0 aliphatic heterocycles. The van der Waals surface area contributed by atoms with Crippen LogP contribution in [0.3, 0.4) is 0 Å². The minimum atomic E-state index is -0.0514. The van der Waals surface area contributed by atoms with Crippen molar-refractivity contribution in [2.75, 3.05) is 10.2 Å². The van der Waals surface area contributed by atoms with Gasteiger partial charge in [-0.25, -0.2) is 0 Å². The fourth-order valence-corrected chi connectivity index (χ4v) is 21.7. The number of hydrogen-bond acceptors (Lipinski definition) is 2. The van der Waals surface area contributed by atoms with Crippen molar-refractivity contribution in [3.63, 3.8) is 0 Å². The molecule has 5 heteroatoms. The van der Waals surface area contributed by atoms with Crippen LogP contribution in [-0.2, 0) is 21.7 Å². The third-order valence-electron chi connectivity index (χ3n) is 27.5. The number of para-hydroxylation sites is 5. The molecule has 0 radical (unpaired) electrons. The molecule has 4 aliphatic rings. The lowest BCUT2D eigenvalue weighted by Crippen LogP contribution is -2.15. The summed E-state index contributed by atoms with van der Waals surface area (Å²) in [4.78, 5) is 2.43. The van der Waals surface area contributed by atoms with Gasteiger partial charge in [0.25, 0.3) is 0 Å². The van der Waals surface area contributed by atoms with E-state index in [0.29, 0.717) is 0 Å². The van der Waals surface area contributed by atoms with Gasteiger partial charge in [0, 0.05) is 87.4 Å². The zero-order valence-electron chi connectivity index (χ0n) is 71.5. The quantitative estimate of drug-likeness (QED) is 0.140. The molecule has 0 unspecified atom stereocenters. The Morgan fingerprint density at radius 1 is 0.222 bits per heavy atom. The zero-order valence-corrected chi connectivity index (χ0v) is 73.1. The summed E-state index contributed by atoms with van der Waals surface area (Å²) in [6.45, 7) is 18.7. The van der Waals surface area contributed by atoms with Crippen LogP contribution < -0.4 is 10.2 Å². The summed E-state index contributed by atoms with van der Waals surface area (Å²) < 4.78 is 5.99. The lowest BCUT2D eigenvalue weighted by Gasteiger charge is -2.29. The number of rotatable bonds is 11. The number of nitrogens with one attached hydrogen (secondary N) is 1. The molecule has 4 aliphatic carbocycles. The number of anilines is 5. The molecule has 126 heavy (non-hydrogen) atoms. The van der Waals surface area contributed by atoms with Crippen LogP contribution in [0.4, 0.5) is 28.4 Å². The van der Waals surface area contributed by atoms with Gasteiger partial charge in [-0.2, -0.15) is 0 Å². The van der Waals surface area contributed by atoms with Crippen molar-refractivity contribution in [2.24, 2.45) is 0 Å². The Hall–Kier alpha value is -14.4. The van der Waals surface area contributed by atoms with Crippen LogP contribution in [0, 0.1) is 0 Å². The second-order valence-corrected chi connectivity index (χ2v) is 37.0. The highest BCUT2D eigenvalue weighted by atomic mass is 79.9. The first-order valence-electron chi connectivity index (χ1n) is 43.7. The highest BCUT2D eigenvalue weighted by Crippen LogP contribution is 2.56. The second-order valence-electron chi connectivity index (χ2n) is 36.1. The van der Waals surface area contributed by atoms with Crippen molar-refractivity contribution < 1.29 is 0 Å². The standard InChI is InChI=1S/C60H46N2.C39H28BrN.C21H19N.CH4/c1-59(2)52-25-12-8-22-46(52)49-37-43(30-32-54(49)59)61(42-19-6-5-7-20-42)56-27-14-10-21-45(56)41-18-16-17-39(35-41)40-29-34-58-51(36-40)48-24-11-15-28-57(48)62(58)44-31-33-55-50(38-44)47-23-9-13-26-53(47)60(55,3)4;1-39(2)34-15-6-3-13-30(34)32-24-28(19-20-35(32)39)41-37-17-8-5-14-31(37)33-23-26(18-21-38(33)41)25-10-9-11-27(22-25)29-12-4-7-16-36(29)40;1-21(2)19-11-7-6-10-17(19)18-14-16(12-13-20(18)21)22-15-8-4-3-5-9-15;/h5-38H,1-4H3;3-24H,1-2H3;3-14,22H,1-2H3;1H4. The minimum Gasteiger partial charge on any atom is -0.356 e. The van der Waals surface area contributed by atoms with Crippen molar-refractivity contribution >= 4 is 88.0 Å². The predicted octanol–water partition coefficient (Wildman–Crippen LogP) is 33.8. The Morgan fingerprint density at radius 2 is 0.571 bits per heavy atom.